The maximum atomic E-state index is 4.59. The maximum Gasteiger partial charge on any atom is 0.0641 e. The summed E-state index contributed by atoms with van der Waals surface area (Å²) in [6.45, 7) is 7.99. The molecule has 0 atom stereocenters. The number of nitrogens with one attached hydrogen (secondary N) is 1. The van der Waals surface area contributed by atoms with Crippen LogP contribution in [0.3, 0.4) is 0 Å². The molecule has 0 spiro atoms. The Morgan fingerprint density at radius 2 is 2.18 bits per heavy atom. The number of aromatic nitrogens is 2. The Kier molecular flexibility index (Phi) is 3.86. The molecule has 1 heterocycles. The van der Waals surface area contributed by atoms with E-state index in [0.717, 1.165) is 31.2 Å². The standard InChI is InChI=1S/C14H21N3/c1-4-5-6-9-17-12(3)14(11(2)16-17)10-15-13-7-8-13/h13,15H,6-10H2,1-3H3. The summed E-state index contributed by atoms with van der Waals surface area (Å²) in [7, 11) is 0. The van der Waals surface area contributed by atoms with Crippen LogP contribution in [0.25, 0.3) is 0 Å². The second-order valence-electron chi connectivity index (χ2n) is 4.70. The zero-order chi connectivity index (χ0) is 12.3. The minimum Gasteiger partial charge on any atom is -0.310 e. The average molecular weight is 231 g/mol. The van der Waals surface area contributed by atoms with Gasteiger partial charge < -0.3 is 5.32 Å². The highest BCUT2D eigenvalue weighted by atomic mass is 15.3. The molecule has 2 rings (SSSR count). The second-order valence-corrected chi connectivity index (χ2v) is 4.70. The molecule has 0 bridgehead atoms. The van der Waals surface area contributed by atoms with E-state index < -0.39 is 0 Å². The van der Waals surface area contributed by atoms with Gasteiger partial charge in [0.25, 0.3) is 0 Å². The number of hydrogen-bond acceptors (Lipinski definition) is 2. The van der Waals surface area contributed by atoms with Crippen molar-refractivity contribution in [2.75, 3.05) is 0 Å². The Morgan fingerprint density at radius 3 is 2.82 bits per heavy atom. The van der Waals surface area contributed by atoms with E-state index in [1.807, 2.05) is 6.92 Å². The van der Waals surface area contributed by atoms with Gasteiger partial charge in [-0.1, -0.05) is 0 Å². The predicted octanol–water partition coefficient (Wildman–Crippen LogP) is 2.17. The van der Waals surface area contributed by atoms with Crippen molar-refractivity contribution in [2.45, 2.75) is 59.2 Å². The number of rotatable bonds is 5. The molecule has 0 amide bonds. The molecule has 0 radical (unpaired) electrons. The zero-order valence-electron chi connectivity index (χ0n) is 11.0. The van der Waals surface area contributed by atoms with E-state index in [-0.39, 0.29) is 0 Å². The van der Waals surface area contributed by atoms with Crippen LogP contribution in [0.4, 0.5) is 0 Å². The molecular formula is C14H21N3. The Labute approximate surface area is 104 Å². The van der Waals surface area contributed by atoms with Crippen molar-refractivity contribution in [3.8, 4) is 11.8 Å². The lowest BCUT2D eigenvalue weighted by Crippen LogP contribution is -2.16. The van der Waals surface area contributed by atoms with Gasteiger partial charge in [-0.15, -0.1) is 11.8 Å². The lowest BCUT2D eigenvalue weighted by molar-refractivity contribution is 0.605. The van der Waals surface area contributed by atoms with Gasteiger partial charge in [0, 0.05) is 30.3 Å². The van der Waals surface area contributed by atoms with Crippen LogP contribution in [0.5, 0.6) is 0 Å². The fraction of sp³-hybridized carbons (Fsp3) is 0.643. The van der Waals surface area contributed by atoms with Gasteiger partial charge in [-0.25, -0.2) is 0 Å². The molecule has 1 aromatic rings. The van der Waals surface area contributed by atoms with Crippen molar-refractivity contribution in [1.82, 2.24) is 15.1 Å². The highest BCUT2D eigenvalue weighted by Crippen LogP contribution is 2.21. The minimum atomic E-state index is 0.753. The first kappa shape index (κ1) is 12.2. The first-order valence-corrected chi connectivity index (χ1v) is 6.38. The van der Waals surface area contributed by atoms with E-state index in [2.05, 4.69) is 40.8 Å². The third-order valence-corrected chi connectivity index (χ3v) is 3.30. The molecule has 3 heteroatoms. The van der Waals surface area contributed by atoms with E-state index in [4.69, 9.17) is 0 Å². The smallest absolute Gasteiger partial charge is 0.0641 e. The van der Waals surface area contributed by atoms with Gasteiger partial charge in [0.2, 0.25) is 0 Å². The monoisotopic (exact) mass is 231 g/mol. The minimum absolute atomic E-state index is 0.753. The lowest BCUT2D eigenvalue weighted by atomic mass is 10.2. The fourth-order valence-electron chi connectivity index (χ4n) is 2.03. The average Bonchev–Trinajstić information content (AvgIpc) is 3.08. The lowest BCUT2D eigenvalue weighted by Gasteiger charge is -2.04. The summed E-state index contributed by atoms with van der Waals surface area (Å²) in [5.74, 6) is 6.01. The first-order valence-electron chi connectivity index (χ1n) is 6.38. The van der Waals surface area contributed by atoms with Crippen molar-refractivity contribution in [2.24, 2.45) is 0 Å². The normalized spacial score (nSPS) is 14.5. The summed E-state index contributed by atoms with van der Waals surface area (Å²) >= 11 is 0. The molecule has 0 saturated heterocycles. The quantitative estimate of drug-likeness (QED) is 0.787. The van der Waals surface area contributed by atoms with E-state index in [1.54, 1.807) is 0 Å². The Morgan fingerprint density at radius 1 is 1.41 bits per heavy atom. The molecule has 0 aliphatic heterocycles. The summed E-state index contributed by atoms with van der Waals surface area (Å²) in [5.41, 5.74) is 3.80. The van der Waals surface area contributed by atoms with Crippen LogP contribution in [0.2, 0.25) is 0 Å². The summed E-state index contributed by atoms with van der Waals surface area (Å²) in [6, 6.07) is 0.753. The second kappa shape index (κ2) is 5.37. The van der Waals surface area contributed by atoms with Crippen LogP contribution in [-0.2, 0) is 13.1 Å². The molecule has 1 aliphatic rings. The maximum absolute atomic E-state index is 4.59. The third kappa shape index (κ3) is 3.10. The van der Waals surface area contributed by atoms with E-state index in [0.29, 0.717) is 0 Å². The van der Waals surface area contributed by atoms with E-state index in [9.17, 15) is 0 Å². The topological polar surface area (TPSA) is 29.9 Å². The van der Waals surface area contributed by atoms with Gasteiger partial charge in [-0.05, 0) is 33.6 Å². The van der Waals surface area contributed by atoms with Crippen molar-refractivity contribution in [1.29, 1.82) is 0 Å². The molecule has 1 saturated carbocycles. The molecule has 1 fully saturated rings. The Balaban J connectivity index is 2.00. The van der Waals surface area contributed by atoms with Crippen LogP contribution in [0, 0.1) is 25.7 Å². The predicted molar refractivity (Wildman–Crippen MR) is 69.6 cm³/mol. The van der Waals surface area contributed by atoms with Crippen LogP contribution in [0.1, 0.15) is 43.1 Å². The van der Waals surface area contributed by atoms with Crippen LogP contribution >= 0.6 is 0 Å². The molecule has 0 unspecified atom stereocenters. The summed E-state index contributed by atoms with van der Waals surface area (Å²) in [5, 5.41) is 8.14. The van der Waals surface area contributed by atoms with Gasteiger partial charge >= 0.3 is 0 Å². The molecule has 1 N–H and O–H groups in total. The van der Waals surface area contributed by atoms with Crippen LogP contribution in [-0.4, -0.2) is 15.8 Å². The zero-order valence-corrected chi connectivity index (χ0v) is 11.0. The van der Waals surface area contributed by atoms with Gasteiger partial charge in [0.05, 0.1) is 12.2 Å². The molecule has 0 aromatic carbocycles. The van der Waals surface area contributed by atoms with Gasteiger partial charge in [-0.2, -0.15) is 5.10 Å². The van der Waals surface area contributed by atoms with Gasteiger partial charge in [0.15, 0.2) is 0 Å². The molecular weight excluding hydrogens is 210 g/mol. The van der Waals surface area contributed by atoms with Crippen molar-refractivity contribution >= 4 is 0 Å². The molecule has 3 nitrogen and oxygen atoms in total. The van der Waals surface area contributed by atoms with Crippen molar-refractivity contribution in [3.05, 3.63) is 17.0 Å². The number of aryl methyl sites for hydroxylation is 2. The highest BCUT2D eigenvalue weighted by Gasteiger charge is 2.21. The molecule has 1 aromatic heterocycles. The van der Waals surface area contributed by atoms with E-state index in [1.165, 1.54) is 24.1 Å². The molecule has 1 aliphatic carbocycles. The number of hydrogen-bond donors (Lipinski definition) is 1. The summed E-state index contributed by atoms with van der Waals surface area (Å²) in [6.07, 6.45) is 3.55. The SMILES string of the molecule is CC#CCCn1nc(C)c(CNC2CC2)c1C. The molecule has 17 heavy (non-hydrogen) atoms. The largest absolute Gasteiger partial charge is 0.310 e. The first-order chi connectivity index (χ1) is 8.22. The van der Waals surface area contributed by atoms with Crippen LogP contribution in [0.15, 0.2) is 0 Å². The fourth-order valence-corrected chi connectivity index (χ4v) is 2.03. The summed E-state index contributed by atoms with van der Waals surface area (Å²) < 4.78 is 2.09. The molecule has 92 valence electrons. The third-order valence-electron chi connectivity index (χ3n) is 3.30. The van der Waals surface area contributed by atoms with Gasteiger partial charge in [-0.3, -0.25) is 4.68 Å². The van der Waals surface area contributed by atoms with E-state index >= 15 is 0 Å². The number of nitrogens with zero attached hydrogens (tertiary/aromatic N) is 2. The Hall–Kier alpha value is -1.27. The van der Waals surface area contributed by atoms with Crippen molar-refractivity contribution in [3.63, 3.8) is 0 Å². The van der Waals surface area contributed by atoms with Crippen LogP contribution < -0.4 is 5.32 Å². The highest BCUT2D eigenvalue weighted by molar-refractivity contribution is 5.24. The van der Waals surface area contributed by atoms with Gasteiger partial charge in [0.1, 0.15) is 0 Å². The van der Waals surface area contributed by atoms with Crippen molar-refractivity contribution < 1.29 is 0 Å². The Bertz CT molecular complexity index is 444. The summed E-state index contributed by atoms with van der Waals surface area (Å²) in [4.78, 5) is 0.